The van der Waals surface area contributed by atoms with Crippen LogP contribution in [0.15, 0.2) is 65.3 Å². The zero-order valence-corrected chi connectivity index (χ0v) is 18.5. The first-order valence-corrected chi connectivity index (χ1v) is 10.3. The molecule has 0 radical (unpaired) electrons. The third-order valence-electron chi connectivity index (χ3n) is 4.86. The van der Waals surface area contributed by atoms with Crippen molar-refractivity contribution < 1.29 is 14.1 Å². The molecule has 4 rings (SSSR count). The fraction of sp³-hybridized carbons (Fsp3) is 0.250. The number of para-hydroxylation sites is 2. The summed E-state index contributed by atoms with van der Waals surface area (Å²) in [5, 5.41) is 11.5. The Kier molecular flexibility index (Phi) is 5.77. The molecule has 2 heterocycles. The highest BCUT2D eigenvalue weighted by Crippen LogP contribution is 2.31. The third-order valence-corrected chi connectivity index (χ3v) is 4.86. The summed E-state index contributed by atoms with van der Waals surface area (Å²) < 4.78 is 12.5. The largest absolute Gasteiger partial charge is 0.496 e. The molecule has 1 N–H and O–H groups in total. The van der Waals surface area contributed by atoms with Gasteiger partial charge in [0.2, 0.25) is 5.89 Å². The van der Waals surface area contributed by atoms with Gasteiger partial charge in [0.05, 0.1) is 24.9 Å². The van der Waals surface area contributed by atoms with E-state index in [4.69, 9.17) is 14.4 Å². The van der Waals surface area contributed by atoms with Crippen molar-refractivity contribution in [3.05, 3.63) is 78.1 Å². The minimum Gasteiger partial charge on any atom is -0.496 e. The fourth-order valence-corrected chi connectivity index (χ4v) is 3.18. The van der Waals surface area contributed by atoms with Crippen LogP contribution in [0.4, 0.5) is 0 Å². The standard InChI is InChI=1S/C24H25N5O3/c1-24(2,3)23-26-20(28-32-23)14-25-22(30)18-15-29(16-10-6-5-7-11-16)27-21(18)17-12-8-9-13-19(17)31-4/h5-13,15H,14H2,1-4H3,(H,25,30). The second kappa shape index (κ2) is 8.66. The molecule has 0 aliphatic rings. The van der Waals surface area contributed by atoms with Gasteiger partial charge < -0.3 is 14.6 Å². The Bertz CT molecular complexity index is 1220. The molecule has 0 unspecified atom stereocenters. The Balaban J connectivity index is 1.66. The van der Waals surface area contributed by atoms with Gasteiger partial charge in [0, 0.05) is 17.2 Å². The van der Waals surface area contributed by atoms with Crippen LogP contribution in [0.2, 0.25) is 0 Å². The van der Waals surface area contributed by atoms with Crippen LogP contribution in [0.25, 0.3) is 16.9 Å². The Labute approximate surface area is 186 Å². The number of ether oxygens (including phenoxy) is 1. The van der Waals surface area contributed by atoms with E-state index in [-0.39, 0.29) is 17.9 Å². The number of aromatic nitrogens is 4. The maximum absolute atomic E-state index is 13.2. The summed E-state index contributed by atoms with van der Waals surface area (Å²) in [5.41, 5.74) is 2.24. The highest BCUT2D eigenvalue weighted by Gasteiger charge is 2.24. The number of nitrogens with one attached hydrogen (secondary N) is 1. The van der Waals surface area contributed by atoms with Gasteiger partial charge in [-0.1, -0.05) is 56.3 Å². The first kappa shape index (κ1) is 21.3. The molecule has 32 heavy (non-hydrogen) atoms. The van der Waals surface area contributed by atoms with Crippen LogP contribution in [0, 0.1) is 0 Å². The highest BCUT2D eigenvalue weighted by atomic mass is 16.5. The van der Waals surface area contributed by atoms with Crippen LogP contribution in [0.3, 0.4) is 0 Å². The third kappa shape index (κ3) is 4.39. The molecule has 1 amide bonds. The molecule has 0 fully saturated rings. The van der Waals surface area contributed by atoms with E-state index in [9.17, 15) is 4.79 Å². The van der Waals surface area contributed by atoms with Gasteiger partial charge in [-0.05, 0) is 24.3 Å². The number of benzene rings is 2. The van der Waals surface area contributed by atoms with E-state index >= 15 is 0 Å². The van der Waals surface area contributed by atoms with Crippen molar-refractivity contribution in [1.29, 1.82) is 0 Å². The van der Waals surface area contributed by atoms with Crippen molar-refractivity contribution in [2.75, 3.05) is 7.11 Å². The molecular formula is C24H25N5O3. The lowest BCUT2D eigenvalue weighted by Crippen LogP contribution is -2.24. The van der Waals surface area contributed by atoms with E-state index in [1.807, 2.05) is 75.4 Å². The lowest BCUT2D eigenvalue weighted by atomic mass is 9.97. The quantitative estimate of drug-likeness (QED) is 0.493. The molecule has 164 valence electrons. The molecule has 0 saturated carbocycles. The van der Waals surface area contributed by atoms with Crippen molar-refractivity contribution >= 4 is 5.91 Å². The predicted molar refractivity (Wildman–Crippen MR) is 120 cm³/mol. The van der Waals surface area contributed by atoms with Crippen molar-refractivity contribution in [2.45, 2.75) is 32.7 Å². The highest BCUT2D eigenvalue weighted by molar-refractivity contribution is 6.00. The Morgan fingerprint density at radius 1 is 1.09 bits per heavy atom. The van der Waals surface area contributed by atoms with Crippen molar-refractivity contribution in [2.24, 2.45) is 0 Å². The van der Waals surface area contributed by atoms with Gasteiger partial charge in [0.1, 0.15) is 11.4 Å². The molecule has 0 aliphatic carbocycles. The second-order valence-electron chi connectivity index (χ2n) is 8.32. The van der Waals surface area contributed by atoms with Crippen LogP contribution in [-0.2, 0) is 12.0 Å². The van der Waals surface area contributed by atoms with Gasteiger partial charge in [-0.15, -0.1) is 0 Å². The summed E-state index contributed by atoms with van der Waals surface area (Å²) in [6.45, 7) is 6.10. The van der Waals surface area contributed by atoms with Gasteiger partial charge in [0.25, 0.3) is 5.91 Å². The number of amides is 1. The van der Waals surface area contributed by atoms with Crippen molar-refractivity contribution in [3.8, 4) is 22.7 Å². The summed E-state index contributed by atoms with van der Waals surface area (Å²) >= 11 is 0. The van der Waals surface area contributed by atoms with Gasteiger partial charge in [-0.25, -0.2) is 4.68 Å². The second-order valence-corrected chi connectivity index (χ2v) is 8.32. The maximum Gasteiger partial charge on any atom is 0.255 e. The van der Waals surface area contributed by atoms with Gasteiger partial charge in [-0.2, -0.15) is 10.1 Å². The first-order valence-electron chi connectivity index (χ1n) is 10.3. The van der Waals surface area contributed by atoms with Crippen LogP contribution in [0.5, 0.6) is 5.75 Å². The molecule has 8 nitrogen and oxygen atoms in total. The monoisotopic (exact) mass is 431 g/mol. The van der Waals surface area contributed by atoms with Gasteiger partial charge >= 0.3 is 0 Å². The number of carbonyl (C=O) groups excluding carboxylic acids is 1. The molecule has 8 heteroatoms. The van der Waals surface area contributed by atoms with E-state index in [1.165, 1.54) is 0 Å². The number of nitrogens with zero attached hydrogens (tertiary/aromatic N) is 4. The molecule has 2 aromatic heterocycles. The average molecular weight is 431 g/mol. The van der Waals surface area contributed by atoms with Gasteiger partial charge in [0.15, 0.2) is 5.82 Å². The molecule has 4 aromatic rings. The van der Waals surface area contributed by atoms with Crippen LogP contribution >= 0.6 is 0 Å². The van der Waals surface area contributed by atoms with Crippen LogP contribution in [-0.4, -0.2) is 32.9 Å². The number of hydrogen-bond acceptors (Lipinski definition) is 6. The average Bonchev–Trinajstić information content (AvgIpc) is 3.46. The zero-order chi connectivity index (χ0) is 22.7. The summed E-state index contributed by atoms with van der Waals surface area (Å²) in [5.74, 6) is 1.27. The first-order chi connectivity index (χ1) is 15.4. The lowest BCUT2D eigenvalue weighted by molar-refractivity contribution is 0.0950. The van der Waals surface area contributed by atoms with E-state index in [0.29, 0.717) is 28.7 Å². The van der Waals surface area contributed by atoms with E-state index in [2.05, 4.69) is 15.5 Å². The van der Waals surface area contributed by atoms with E-state index in [0.717, 1.165) is 11.3 Å². The molecule has 0 saturated heterocycles. The molecule has 0 aliphatic heterocycles. The number of carbonyl (C=O) groups is 1. The molecular weight excluding hydrogens is 406 g/mol. The Morgan fingerprint density at radius 2 is 1.81 bits per heavy atom. The van der Waals surface area contributed by atoms with Crippen molar-refractivity contribution in [1.82, 2.24) is 25.2 Å². The van der Waals surface area contributed by atoms with E-state index < -0.39 is 0 Å². The molecule has 0 spiro atoms. The summed E-state index contributed by atoms with van der Waals surface area (Å²) in [6, 6.07) is 17.1. The summed E-state index contributed by atoms with van der Waals surface area (Å²) in [6.07, 6.45) is 1.71. The van der Waals surface area contributed by atoms with Crippen LogP contribution in [0.1, 0.15) is 42.8 Å². The minimum atomic E-state index is -0.296. The SMILES string of the molecule is COc1ccccc1-c1nn(-c2ccccc2)cc1C(=O)NCc1noc(C(C)(C)C)n1. The summed E-state index contributed by atoms with van der Waals surface area (Å²) in [4.78, 5) is 17.5. The Morgan fingerprint density at radius 3 is 2.50 bits per heavy atom. The Hall–Kier alpha value is -3.94. The van der Waals surface area contributed by atoms with Crippen molar-refractivity contribution in [3.63, 3.8) is 0 Å². The van der Waals surface area contributed by atoms with E-state index in [1.54, 1.807) is 18.0 Å². The molecule has 2 aromatic carbocycles. The zero-order valence-electron chi connectivity index (χ0n) is 18.5. The molecule has 0 atom stereocenters. The van der Waals surface area contributed by atoms with Crippen LogP contribution < -0.4 is 10.1 Å². The fourth-order valence-electron chi connectivity index (χ4n) is 3.18. The molecule has 0 bridgehead atoms. The smallest absolute Gasteiger partial charge is 0.255 e. The summed E-state index contributed by atoms with van der Waals surface area (Å²) in [7, 11) is 1.59. The predicted octanol–water partition coefficient (Wildman–Crippen LogP) is 4.16. The topological polar surface area (TPSA) is 95.1 Å². The lowest BCUT2D eigenvalue weighted by Gasteiger charge is -2.10. The number of methoxy groups -OCH3 is 1. The number of hydrogen-bond donors (Lipinski definition) is 1. The maximum atomic E-state index is 13.2. The minimum absolute atomic E-state index is 0.139. The normalized spacial score (nSPS) is 11.4. The number of rotatable bonds is 6. The van der Waals surface area contributed by atoms with Gasteiger partial charge in [-0.3, -0.25) is 4.79 Å².